The van der Waals surface area contributed by atoms with Crippen LogP contribution in [0, 0.1) is 0 Å². The number of amides is 1. The van der Waals surface area contributed by atoms with Crippen molar-refractivity contribution >= 4 is 5.91 Å². The Bertz CT molecular complexity index is 625. The van der Waals surface area contributed by atoms with Crippen LogP contribution in [-0.2, 0) is 4.79 Å². The van der Waals surface area contributed by atoms with Gasteiger partial charge >= 0.3 is 0 Å². The van der Waals surface area contributed by atoms with Gasteiger partial charge in [0, 0.05) is 12.6 Å². The van der Waals surface area contributed by atoms with Crippen molar-refractivity contribution in [3.05, 3.63) is 72.9 Å². The van der Waals surface area contributed by atoms with Crippen LogP contribution in [0.25, 0.3) is 0 Å². The highest BCUT2D eigenvalue weighted by Gasteiger charge is 2.26. The van der Waals surface area contributed by atoms with Gasteiger partial charge in [0.2, 0.25) is 5.91 Å². The summed E-state index contributed by atoms with van der Waals surface area (Å²) in [4.78, 5) is 12.1. The summed E-state index contributed by atoms with van der Waals surface area (Å²) in [6.07, 6.45) is 34.7. The van der Waals surface area contributed by atoms with Crippen LogP contribution in [0.15, 0.2) is 72.9 Å². The number of aliphatic hydroxyl groups is 1. The summed E-state index contributed by atoms with van der Waals surface area (Å²) in [6.45, 7) is 6.68. The first kappa shape index (κ1) is 29.9. The molecule has 0 aliphatic rings. The third-order valence-electron chi connectivity index (χ3n) is 5.21. The lowest BCUT2D eigenvalue weighted by Gasteiger charge is -2.28. The first-order valence-corrected chi connectivity index (χ1v) is 12.5. The second-order valence-electron chi connectivity index (χ2n) is 8.30. The van der Waals surface area contributed by atoms with E-state index in [2.05, 4.69) is 37.4 Å². The molecule has 0 bridgehead atoms. The van der Waals surface area contributed by atoms with Crippen LogP contribution in [0.5, 0.6) is 0 Å². The van der Waals surface area contributed by atoms with Gasteiger partial charge in [0.15, 0.2) is 0 Å². The Kier molecular flexibility index (Phi) is 20.6. The molecule has 2 N–H and O–H groups in total. The summed E-state index contributed by atoms with van der Waals surface area (Å²) in [7, 11) is 0. The Labute approximate surface area is 197 Å². The number of carbonyl (C=O) groups is 1. The maximum atomic E-state index is 12.1. The predicted octanol–water partition coefficient (Wildman–Crippen LogP) is 7.52. The van der Waals surface area contributed by atoms with E-state index in [1.807, 2.05) is 49.5 Å². The smallest absolute Gasteiger partial charge is 0.244 e. The standard InChI is InChI=1S/C29H47NO2/c1-4-7-10-12-13-14-15-16-17-18-19-20-21-24-28(31)30-27-29(32,25-22-9-6-3)26-23-11-8-5-2/h4,7,10,12-14,17-21,24,32H,5-6,8-9,11,15-16,22-23,25-27H2,1-3H3,(H,30,31). The van der Waals surface area contributed by atoms with Crippen LogP contribution in [0.1, 0.15) is 91.4 Å². The summed E-state index contributed by atoms with van der Waals surface area (Å²) in [5.41, 5.74) is -0.790. The van der Waals surface area contributed by atoms with Gasteiger partial charge in [-0.05, 0) is 32.6 Å². The summed E-state index contributed by atoms with van der Waals surface area (Å²) < 4.78 is 0. The molecule has 0 aromatic heterocycles. The Morgan fingerprint density at radius 1 is 0.750 bits per heavy atom. The Morgan fingerprint density at radius 3 is 1.88 bits per heavy atom. The van der Waals surface area contributed by atoms with Crippen LogP contribution < -0.4 is 5.32 Å². The minimum atomic E-state index is -0.790. The van der Waals surface area contributed by atoms with E-state index in [1.165, 1.54) is 18.9 Å². The molecule has 0 heterocycles. The largest absolute Gasteiger partial charge is 0.388 e. The zero-order valence-electron chi connectivity index (χ0n) is 20.8. The number of nitrogens with one attached hydrogen (secondary N) is 1. The molecule has 1 atom stereocenters. The Hall–Kier alpha value is -2.13. The van der Waals surface area contributed by atoms with Crippen molar-refractivity contribution in [3.63, 3.8) is 0 Å². The van der Waals surface area contributed by atoms with Gasteiger partial charge in [0.05, 0.1) is 5.60 Å². The van der Waals surface area contributed by atoms with E-state index in [0.717, 1.165) is 57.8 Å². The van der Waals surface area contributed by atoms with E-state index in [9.17, 15) is 9.90 Å². The predicted molar refractivity (Wildman–Crippen MR) is 141 cm³/mol. The van der Waals surface area contributed by atoms with Gasteiger partial charge in [-0.15, -0.1) is 0 Å². The molecule has 0 radical (unpaired) electrons. The molecule has 3 nitrogen and oxygen atoms in total. The monoisotopic (exact) mass is 441 g/mol. The summed E-state index contributed by atoms with van der Waals surface area (Å²) >= 11 is 0. The number of unbranched alkanes of at least 4 members (excludes halogenated alkanes) is 6. The lowest BCUT2D eigenvalue weighted by atomic mass is 9.90. The minimum Gasteiger partial charge on any atom is -0.388 e. The van der Waals surface area contributed by atoms with Crippen LogP contribution in [0.2, 0.25) is 0 Å². The maximum absolute atomic E-state index is 12.1. The topological polar surface area (TPSA) is 49.3 Å². The molecule has 0 rings (SSSR count). The second kappa shape index (κ2) is 22.1. The van der Waals surface area contributed by atoms with Crippen LogP contribution in [-0.4, -0.2) is 23.2 Å². The molecule has 0 spiro atoms. The van der Waals surface area contributed by atoms with Crippen molar-refractivity contribution in [2.75, 3.05) is 6.54 Å². The first-order valence-electron chi connectivity index (χ1n) is 12.5. The van der Waals surface area contributed by atoms with E-state index in [-0.39, 0.29) is 5.91 Å². The summed E-state index contributed by atoms with van der Waals surface area (Å²) in [6, 6.07) is 0. The molecule has 0 aliphatic heterocycles. The van der Waals surface area contributed by atoms with Gasteiger partial charge in [0.25, 0.3) is 0 Å². The number of hydrogen-bond acceptors (Lipinski definition) is 2. The van der Waals surface area contributed by atoms with Crippen LogP contribution >= 0.6 is 0 Å². The second-order valence-corrected chi connectivity index (χ2v) is 8.30. The molecule has 0 saturated heterocycles. The van der Waals surface area contributed by atoms with E-state index in [1.54, 1.807) is 6.08 Å². The number of hydrogen-bond donors (Lipinski definition) is 2. The number of rotatable bonds is 19. The molecular formula is C29H47NO2. The third-order valence-corrected chi connectivity index (χ3v) is 5.21. The molecule has 180 valence electrons. The number of carbonyl (C=O) groups excluding carboxylic acids is 1. The van der Waals surface area contributed by atoms with Gasteiger partial charge in [-0.3, -0.25) is 4.79 Å². The molecule has 0 aromatic carbocycles. The van der Waals surface area contributed by atoms with Gasteiger partial charge in [-0.25, -0.2) is 0 Å². The molecule has 0 aromatic rings. The molecule has 0 aliphatic carbocycles. The highest BCUT2D eigenvalue weighted by atomic mass is 16.3. The van der Waals surface area contributed by atoms with Gasteiger partial charge in [-0.2, -0.15) is 0 Å². The summed E-state index contributed by atoms with van der Waals surface area (Å²) in [5, 5.41) is 13.9. The Morgan fingerprint density at radius 2 is 1.28 bits per heavy atom. The van der Waals surface area contributed by atoms with E-state index in [0.29, 0.717) is 6.54 Å². The average Bonchev–Trinajstić information content (AvgIpc) is 2.79. The third kappa shape index (κ3) is 19.8. The average molecular weight is 442 g/mol. The van der Waals surface area contributed by atoms with Crippen molar-refractivity contribution in [2.24, 2.45) is 0 Å². The molecule has 32 heavy (non-hydrogen) atoms. The SMILES string of the molecule is CC=CC=CC=CCCC=CC=CC=CC(=O)NCC(O)(CCCCC)CCCCCC. The zero-order chi connectivity index (χ0) is 23.8. The highest BCUT2D eigenvalue weighted by molar-refractivity contribution is 5.87. The van der Waals surface area contributed by atoms with Crippen molar-refractivity contribution in [2.45, 2.75) is 97.0 Å². The van der Waals surface area contributed by atoms with Gasteiger partial charge in [-0.1, -0.05) is 126 Å². The molecule has 0 fully saturated rings. The maximum Gasteiger partial charge on any atom is 0.244 e. The van der Waals surface area contributed by atoms with Gasteiger partial charge in [0.1, 0.15) is 0 Å². The van der Waals surface area contributed by atoms with E-state index < -0.39 is 5.60 Å². The molecule has 3 heteroatoms. The lowest BCUT2D eigenvalue weighted by Crippen LogP contribution is -2.42. The first-order chi connectivity index (χ1) is 15.6. The molecule has 0 saturated carbocycles. The zero-order valence-corrected chi connectivity index (χ0v) is 20.8. The fourth-order valence-electron chi connectivity index (χ4n) is 3.25. The normalized spacial score (nSPS) is 14.8. The van der Waals surface area contributed by atoms with Gasteiger partial charge < -0.3 is 10.4 Å². The van der Waals surface area contributed by atoms with Crippen molar-refractivity contribution in [1.82, 2.24) is 5.32 Å². The minimum absolute atomic E-state index is 0.155. The fourth-order valence-corrected chi connectivity index (χ4v) is 3.25. The van der Waals surface area contributed by atoms with Crippen LogP contribution in [0.4, 0.5) is 0 Å². The summed E-state index contributed by atoms with van der Waals surface area (Å²) in [5.74, 6) is -0.155. The lowest BCUT2D eigenvalue weighted by molar-refractivity contribution is -0.118. The quantitative estimate of drug-likeness (QED) is 0.124. The Balaban J connectivity index is 4.25. The molecule has 1 unspecified atom stereocenters. The van der Waals surface area contributed by atoms with Crippen molar-refractivity contribution in [3.8, 4) is 0 Å². The fraction of sp³-hybridized carbons (Fsp3) is 0.552. The van der Waals surface area contributed by atoms with E-state index in [4.69, 9.17) is 0 Å². The number of allylic oxidation sites excluding steroid dienone is 11. The van der Waals surface area contributed by atoms with E-state index >= 15 is 0 Å². The van der Waals surface area contributed by atoms with Crippen molar-refractivity contribution in [1.29, 1.82) is 0 Å². The highest BCUT2D eigenvalue weighted by Crippen LogP contribution is 2.22. The molecule has 1 amide bonds. The molecular weight excluding hydrogens is 394 g/mol. The van der Waals surface area contributed by atoms with Crippen molar-refractivity contribution < 1.29 is 9.90 Å². The van der Waals surface area contributed by atoms with Crippen LogP contribution in [0.3, 0.4) is 0 Å².